The van der Waals surface area contributed by atoms with Crippen molar-refractivity contribution >= 4 is 16.9 Å². The summed E-state index contributed by atoms with van der Waals surface area (Å²) in [6.45, 7) is 4.51. The molecule has 1 aromatic heterocycles. The Bertz CT molecular complexity index is 1230. The van der Waals surface area contributed by atoms with E-state index in [-0.39, 0.29) is 0 Å². The molecule has 4 aromatic rings. The van der Waals surface area contributed by atoms with Crippen LogP contribution >= 0.6 is 0 Å². The summed E-state index contributed by atoms with van der Waals surface area (Å²) in [4.78, 5) is 20.1. The van der Waals surface area contributed by atoms with E-state index >= 15 is 0 Å². The number of carboxylic acids is 1. The topological polar surface area (TPSA) is 68.8 Å². The molecule has 6 heteroatoms. The van der Waals surface area contributed by atoms with Crippen LogP contribution in [0.5, 0.6) is 5.75 Å². The summed E-state index contributed by atoms with van der Waals surface area (Å²) < 4.78 is 5.94. The van der Waals surface area contributed by atoms with Gasteiger partial charge >= 0.3 is 5.97 Å². The van der Waals surface area contributed by atoms with Gasteiger partial charge in [-0.1, -0.05) is 60.7 Å². The molecule has 0 spiro atoms. The molecule has 0 aliphatic carbocycles. The highest BCUT2D eigenvalue weighted by Gasteiger charge is 2.32. The van der Waals surface area contributed by atoms with Gasteiger partial charge in [0, 0.05) is 61.5 Å². The zero-order chi connectivity index (χ0) is 23.3. The normalized spacial score (nSPS) is 15.9. The van der Waals surface area contributed by atoms with E-state index < -0.39 is 12.0 Å². The smallest absolute Gasteiger partial charge is 0.325 e. The molecule has 0 bridgehead atoms. The van der Waals surface area contributed by atoms with Crippen LogP contribution in [0, 0.1) is 0 Å². The van der Waals surface area contributed by atoms with Gasteiger partial charge in [-0.05, 0) is 23.3 Å². The molecule has 1 fully saturated rings. The molecule has 0 radical (unpaired) electrons. The zero-order valence-electron chi connectivity index (χ0n) is 19.1. The van der Waals surface area contributed by atoms with Crippen LogP contribution in [0.15, 0.2) is 85.1 Å². The predicted octanol–water partition coefficient (Wildman–Crippen LogP) is 4.69. The first-order valence-corrected chi connectivity index (χ1v) is 11.7. The van der Waals surface area contributed by atoms with Crippen LogP contribution in [-0.4, -0.2) is 52.0 Å². The highest BCUT2D eigenvalue weighted by molar-refractivity contribution is 5.90. The predicted molar refractivity (Wildman–Crippen MR) is 133 cm³/mol. The number of hydrogen-bond acceptors (Lipinski definition) is 4. The minimum atomic E-state index is -0.818. The molecule has 1 saturated heterocycles. The first kappa shape index (κ1) is 22.2. The van der Waals surface area contributed by atoms with Gasteiger partial charge < -0.3 is 14.8 Å². The summed E-state index contributed by atoms with van der Waals surface area (Å²) in [5.74, 6) is -0.0621. The number of aromatic nitrogens is 1. The number of piperazine rings is 1. The molecule has 174 valence electrons. The van der Waals surface area contributed by atoms with Crippen LogP contribution in [0.2, 0.25) is 0 Å². The van der Waals surface area contributed by atoms with Crippen molar-refractivity contribution in [3.8, 4) is 5.75 Å². The van der Waals surface area contributed by atoms with Gasteiger partial charge in [0.25, 0.3) is 0 Å². The number of rotatable bonds is 8. The van der Waals surface area contributed by atoms with Crippen molar-refractivity contribution in [1.82, 2.24) is 14.8 Å². The highest BCUT2D eigenvalue weighted by atomic mass is 16.5. The van der Waals surface area contributed by atoms with E-state index in [4.69, 9.17) is 4.74 Å². The lowest BCUT2D eigenvalue weighted by atomic mass is 10.0. The zero-order valence-corrected chi connectivity index (χ0v) is 19.1. The summed E-state index contributed by atoms with van der Waals surface area (Å²) in [6.07, 6.45) is 1.83. The number of carboxylic acid groups (broad SMARTS) is 1. The second-order valence-corrected chi connectivity index (χ2v) is 8.76. The number of H-pyrrole nitrogens is 1. The average molecular weight is 456 g/mol. The molecule has 2 N–H and O–H groups in total. The Hall–Kier alpha value is -3.61. The molecule has 1 aliphatic rings. The molecule has 6 nitrogen and oxygen atoms in total. The third kappa shape index (κ3) is 4.98. The monoisotopic (exact) mass is 455 g/mol. The van der Waals surface area contributed by atoms with Crippen molar-refractivity contribution in [2.24, 2.45) is 0 Å². The number of nitrogens with zero attached hydrogens (tertiary/aromatic N) is 2. The number of aliphatic carboxylic acids is 1. The maximum Gasteiger partial charge on any atom is 0.325 e. The van der Waals surface area contributed by atoms with Crippen molar-refractivity contribution in [1.29, 1.82) is 0 Å². The second-order valence-electron chi connectivity index (χ2n) is 8.76. The third-order valence-electron chi connectivity index (χ3n) is 6.48. The van der Waals surface area contributed by atoms with Crippen LogP contribution in [0.25, 0.3) is 10.9 Å². The van der Waals surface area contributed by atoms with Crippen LogP contribution in [0.1, 0.15) is 22.7 Å². The minimum Gasteiger partial charge on any atom is -0.489 e. The van der Waals surface area contributed by atoms with Gasteiger partial charge in [-0.3, -0.25) is 14.6 Å². The van der Waals surface area contributed by atoms with E-state index in [9.17, 15) is 9.90 Å². The molecule has 0 amide bonds. The molecule has 5 rings (SSSR count). The van der Waals surface area contributed by atoms with Gasteiger partial charge in [0.1, 0.15) is 18.4 Å². The number of aromatic amines is 1. The molecule has 1 aliphatic heterocycles. The van der Waals surface area contributed by atoms with E-state index in [0.717, 1.165) is 60.5 Å². The fraction of sp³-hybridized carbons (Fsp3) is 0.250. The Morgan fingerprint density at radius 2 is 1.59 bits per heavy atom. The number of carbonyl (C=O) groups is 1. The number of fused-ring (bicyclic) bond motifs is 1. The van der Waals surface area contributed by atoms with Crippen molar-refractivity contribution in [3.05, 3.63) is 102 Å². The number of nitrogens with one attached hydrogen (secondary N) is 1. The minimum absolute atomic E-state index is 0.491. The summed E-state index contributed by atoms with van der Waals surface area (Å²) in [5, 5.41) is 11.1. The largest absolute Gasteiger partial charge is 0.489 e. The number of benzene rings is 3. The van der Waals surface area contributed by atoms with E-state index in [2.05, 4.69) is 39.0 Å². The fourth-order valence-electron chi connectivity index (χ4n) is 4.69. The third-order valence-corrected chi connectivity index (χ3v) is 6.48. The Kier molecular flexibility index (Phi) is 6.60. The lowest BCUT2D eigenvalue weighted by Crippen LogP contribution is -2.48. The summed E-state index contributed by atoms with van der Waals surface area (Å²) in [6, 6.07) is 25.6. The molecular weight excluding hydrogens is 426 g/mol. The van der Waals surface area contributed by atoms with Crippen LogP contribution < -0.4 is 4.74 Å². The van der Waals surface area contributed by atoms with Crippen molar-refractivity contribution in [2.75, 3.05) is 26.2 Å². The van der Waals surface area contributed by atoms with Crippen molar-refractivity contribution < 1.29 is 14.6 Å². The van der Waals surface area contributed by atoms with Crippen LogP contribution in [-0.2, 0) is 17.9 Å². The average Bonchev–Trinajstić information content (AvgIpc) is 3.28. The Morgan fingerprint density at radius 1 is 0.912 bits per heavy atom. The van der Waals surface area contributed by atoms with E-state index in [1.807, 2.05) is 60.8 Å². The molecule has 1 atom stereocenters. The van der Waals surface area contributed by atoms with Gasteiger partial charge in [0.15, 0.2) is 0 Å². The number of hydrogen-bond donors (Lipinski definition) is 2. The van der Waals surface area contributed by atoms with Gasteiger partial charge in [0.05, 0.1) is 0 Å². The first-order chi connectivity index (χ1) is 16.7. The summed E-state index contributed by atoms with van der Waals surface area (Å²) in [7, 11) is 0. The Labute approximate surface area is 199 Å². The first-order valence-electron chi connectivity index (χ1n) is 11.7. The second kappa shape index (κ2) is 10.1. The molecule has 2 heterocycles. The maximum atomic E-state index is 12.3. The Morgan fingerprint density at radius 3 is 2.26 bits per heavy atom. The van der Waals surface area contributed by atoms with Gasteiger partial charge in [0.2, 0.25) is 0 Å². The molecule has 3 aromatic carbocycles. The van der Waals surface area contributed by atoms with Gasteiger partial charge in [-0.25, -0.2) is 0 Å². The highest BCUT2D eigenvalue weighted by Crippen LogP contribution is 2.32. The van der Waals surface area contributed by atoms with Crippen LogP contribution in [0.3, 0.4) is 0 Å². The van der Waals surface area contributed by atoms with E-state index in [1.54, 1.807) is 0 Å². The Balaban J connectivity index is 1.27. The van der Waals surface area contributed by atoms with Gasteiger partial charge in [-0.2, -0.15) is 0 Å². The summed E-state index contributed by atoms with van der Waals surface area (Å²) in [5.41, 5.74) is 4.07. The van der Waals surface area contributed by atoms with Crippen molar-refractivity contribution in [3.63, 3.8) is 0 Å². The molecule has 0 unspecified atom stereocenters. The maximum absolute atomic E-state index is 12.3. The lowest BCUT2D eigenvalue weighted by Gasteiger charge is -2.37. The summed E-state index contributed by atoms with van der Waals surface area (Å²) >= 11 is 0. The quantitative estimate of drug-likeness (QED) is 0.403. The standard InChI is InChI=1S/C28H29N3O3/c32-28(33)27(31-15-13-30(14-16-31)19-21-7-3-1-4-8-21)25-18-29-26-17-23(11-12-24(25)26)34-20-22-9-5-2-6-10-22/h1-12,17-18,27,29H,13-16,19-20H2,(H,32,33)/t27-/m1/s1. The molecule has 34 heavy (non-hydrogen) atoms. The van der Waals surface area contributed by atoms with E-state index in [0.29, 0.717) is 6.61 Å². The van der Waals surface area contributed by atoms with E-state index in [1.165, 1.54) is 5.56 Å². The number of ether oxygens (including phenoxy) is 1. The SMILES string of the molecule is O=C(O)[C@@H](c1c[nH]c2cc(OCc3ccccc3)ccc12)N1CCN(Cc2ccccc2)CC1. The fourth-order valence-corrected chi connectivity index (χ4v) is 4.69. The van der Waals surface area contributed by atoms with Gasteiger partial charge in [-0.15, -0.1) is 0 Å². The van der Waals surface area contributed by atoms with Crippen LogP contribution in [0.4, 0.5) is 0 Å². The molecular formula is C28H29N3O3. The lowest BCUT2D eigenvalue weighted by molar-refractivity contribution is -0.144. The molecule has 0 saturated carbocycles. The van der Waals surface area contributed by atoms with Crippen molar-refractivity contribution in [2.45, 2.75) is 19.2 Å².